The third-order valence-corrected chi connectivity index (χ3v) is 5.62. The molecule has 29 heavy (non-hydrogen) atoms. The molecule has 0 bridgehead atoms. The van der Waals surface area contributed by atoms with Gasteiger partial charge < -0.3 is 4.90 Å². The number of rotatable bonds is 5. The van der Waals surface area contributed by atoms with Crippen molar-refractivity contribution in [1.82, 2.24) is 9.66 Å². The van der Waals surface area contributed by atoms with Crippen LogP contribution in [0.3, 0.4) is 0 Å². The first-order chi connectivity index (χ1) is 14.1. The Kier molecular flexibility index (Phi) is 5.35. The molecule has 1 atom stereocenters. The van der Waals surface area contributed by atoms with Crippen LogP contribution >= 0.6 is 11.8 Å². The van der Waals surface area contributed by atoms with Crippen LogP contribution in [0.25, 0.3) is 10.9 Å². The van der Waals surface area contributed by atoms with E-state index >= 15 is 0 Å². The van der Waals surface area contributed by atoms with Crippen LogP contribution in [0, 0.1) is 5.92 Å². The average Bonchev–Trinajstić information content (AvgIpc) is 3.13. The molecule has 0 spiro atoms. The van der Waals surface area contributed by atoms with Crippen molar-refractivity contribution < 1.29 is 9.59 Å². The van der Waals surface area contributed by atoms with E-state index in [0.717, 1.165) is 5.69 Å². The van der Waals surface area contributed by atoms with Gasteiger partial charge in [-0.2, -0.15) is 4.68 Å². The van der Waals surface area contributed by atoms with Gasteiger partial charge in [0, 0.05) is 18.7 Å². The molecule has 1 N–H and O–H groups in total. The summed E-state index contributed by atoms with van der Waals surface area (Å²) < 4.78 is 1.20. The minimum atomic E-state index is -0.541. The van der Waals surface area contributed by atoms with Crippen LogP contribution in [0.2, 0.25) is 0 Å². The molecular formula is C21H20N4O3S. The Morgan fingerprint density at radius 2 is 1.86 bits per heavy atom. The highest BCUT2D eigenvalue weighted by Gasteiger charge is 2.35. The molecule has 148 valence electrons. The molecule has 1 aromatic heterocycles. The van der Waals surface area contributed by atoms with E-state index in [1.807, 2.05) is 43.3 Å². The predicted molar refractivity (Wildman–Crippen MR) is 114 cm³/mol. The monoisotopic (exact) mass is 408 g/mol. The van der Waals surface area contributed by atoms with Crippen LogP contribution < -0.4 is 15.9 Å². The zero-order chi connectivity index (χ0) is 20.4. The molecule has 1 fully saturated rings. The SMILES string of the molecule is CCSc1nc2ccccc2c(=O)n1NC(=O)C1CC(=O)N(c2ccccc2)C1. The van der Waals surface area contributed by atoms with Gasteiger partial charge in [0.25, 0.3) is 5.56 Å². The molecule has 2 heterocycles. The van der Waals surface area contributed by atoms with Gasteiger partial charge in [0.1, 0.15) is 0 Å². The number of carbonyl (C=O) groups excluding carboxylic acids is 2. The molecule has 2 aromatic carbocycles. The van der Waals surface area contributed by atoms with Gasteiger partial charge in [0.2, 0.25) is 11.8 Å². The topological polar surface area (TPSA) is 84.3 Å². The molecule has 1 saturated heterocycles. The van der Waals surface area contributed by atoms with Crippen molar-refractivity contribution in [3.63, 3.8) is 0 Å². The Bertz CT molecular complexity index is 1130. The number of nitrogens with zero attached hydrogens (tertiary/aromatic N) is 3. The van der Waals surface area contributed by atoms with Gasteiger partial charge >= 0.3 is 0 Å². The Hall–Kier alpha value is -3.13. The standard InChI is InChI=1S/C21H20N4O3S/c1-2-29-21-22-17-11-7-6-10-16(17)20(28)25(21)23-19(27)14-12-18(26)24(13-14)15-8-4-3-5-9-15/h3-11,14H,2,12-13H2,1H3,(H,23,27). The molecule has 1 unspecified atom stereocenters. The van der Waals surface area contributed by atoms with Gasteiger partial charge in [0.15, 0.2) is 5.16 Å². The van der Waals surface area contributed by atoms with Gasteiger partial charge in [0.05, 0.1) is 16.8 Å². The molecular weight excluding hydrogens is 388 g/mol. The highest BCUT2D eigenvalue weighted by atomic mass is 32.2. The number of benzene rings is 2. The number of aromatic nitrogens is 2. The fourth-order valence-electron chi connectivity index (χ4n) is 3.38. The number of amides is 2. The van der Waals surface area contributed by atoms with Gasteiger partial charge in [-0.05, 0) is 30.0 Å². The molecule has 7 nitrogen and oxygen atoms in total. The molecule has 0 aliphatic carbocycles. The average molecular weight is 408 g/mol. The highest BCUT2D eigenvalue weighted by molar-refractivity contribution is 7.99. The molecule has 4 rings (SSSR count). The number of nitrogens with one attached hydrogen (secondary N) is 1. The quantitative estimate of drug-likeness (QED) is 0.518. The summed E-state index contributed by atoms with van der Waals surface area (Å²) in [4.78, 5) is 44.4. The second-order valence-electron chi connectivity index (χ2n) is 6.70. The Morgan fingerprint density at radius 3 is 2.62 bits per heavy atom. The van der Waals surface area contributed by atoms with Crippen molar-refractivity contribution in [2.45, 2.75) is 18.5 Å². The number of fused-ring (bicyclic) bond motifs is 1. The van der Waals surface area contributed by atoms with Gasteiger partial charge in [-0.25, -0.2) is 4.98 Å². The zero-order valence-corrected chi connectivity index (χ0v) is 16.7. The molecule has 3 aromatic rings. The highest BCUT2D eigenvalue weighted by Crippen LogP contribution is 2.25. The van der Waals surface area contributed by atoms with Crippen LogP contribution in [0.15, 0.2) is 64.5 Å². The van der Waals surface area contributed by atoms with Gasteiger partial charge in [-0.15, -0.1) is 0 Å². The summed E-state index contributed by atoms with van der Waals surface area (Å²) >= 11 is 1.37. The summed E-state index contributed by atoms with van der Waals surface area (Å²) in [5, 5.41) is 0.857. The Morgan fingerprint density at radius 1 is 1.14 bits per heavy atom. The number of hydrogen-bond acceptors (Lipinski definition) is 5. The first kappa shape index (κ1) is 19.2. The maximum absolute atomic E-state index is 12.9. The van der Waals surface area contributed by atoms with E-state index in [-0.39, 0.29) is 30.3 Å². The van der Waals surface area contributed by atoms with Crippen molar-refractivity contribution in [3.05, 3.63) is 65.0 Å². The van der Waals surface area contributed by atoms with Crippen molar-refractivity contribution in [3.8, 4) is 0 Å². The Balaban J connectivity index is 1.61. The molecule has 1 aliphatic rings. The van der Waals surface area contributed by atoms with Gasteiger partial charge in [-0.1, -0.05) is 49.0 Å². The van der Waals surface area contributed by atoms with Crippen LogP contribution in [0.4, 0.5) is 5.69 Å². The lowest BCUT2D eigenvalue weighted by Crippen LogP contribution is -2.39. The summed E-state index contributed by atoms with van der Waals surface area (Å²) in [5.41, 5.74) is 3.72. The minimum absolute atomic E-state index is 0.104. The molecule has 8 heteroatoms. The van der Waals surface area contributed by atoms with Crippen molar-refractivity contribution >= 4 is 40.2 Å². The second-order valence-corrected chi connectivity index (χ2v) is 7.93. The van der Waals surface area contributed by atoms with Gasteiger partial charge in [-0.3, -0.25) is 19.8 Å². The van der Waals surface area contributed by atoms with Crippen molar-refractivity contribution in [1.29, 1.82) is 0 Å². The van der Waals surface area contributed by atoms with E-state index in [2.05, 4.69) is 10.4 Å². The largest absolute Gasteiger partial charge is 0.312 e. The van der Waals surface area contributed by atoms with Crippen LogP contribution in [-0.2, 0) is 9.59 Å². The van der Waals surface area contributed by atoms with E-state index in [1.165, 1.54) is 16.4 Å². The number of anilines is 1. The smallest absolute Gasteiger partial charge is 0.281 e. The fourth-order valence-corrected chi connectivity index (χ4v) is 4.06. The van der Waals surface area contributed by atoms with E-state index in [0.29, 0.717) is 21.8 Å². The lowest BCUT2D eigenvalue weighted by Gasteiger charge is -2.18. The molecule has 1 aliphatic heterocycles. The summed E-state index contributed by atoms with van der Waals surface area (Å²) in [6, 6.07) is 16.3. The number of hydrogen-bond donors (Lipinski definition) is 1. The lowest BCUT2D eigenvalue weighted by atomic mass is 10.1. The van der Waals surface area contributed by atoms with E-state index in [9.17, 15) is 14.4 Å². The van der Waals surface area contributed by atoms with E-state index in [4.69, 9.17) is 0 Å². The van der Waals surface area contributed by atoms with E-state index in [1.54, 1.807) is 23.1 Å². The summed E-state index contributed by atoms with van der Waals surface area (Å²) in [6.45, 7) is 2.23. The molecule has 0 radical (unpaired) electrons. The first-order valence-corrected chi connectivity index (χ1v) is 10.4. The predicted octanol–water partition coefficient (Wildman–Crippen LogP) is 2.63. The summed E-state index contributed by atoms with van der Waals surface area (Å²) in [7, 11) is 0. The van der Waals surface area contributed by atoms with Crippen LogP contribution in [0.5, 0.6) is 0 Å². The number of para-hydroxylation sites is 2. The fraction of sp³-hybridized carbons (Fsp3) is 0.238. The number of carbonyl (C=O) groups is 2. The number of thioether (sulfide) groups is 1. The second kappa shape index (κ2) is 8.08. The van der Waals surface area contributed by atoms with E-state index < -0.39 is 5.92 Å². The minimum Gasteiger partial charge on any atom is -0.312 e. The van der Waals surface area contributed by atoms with Crippen LogP contribution in [-0.4, -0.2) is 33.8 Å². The van der Waals surface area contributed by atoms with Crippen molar-refractivity contribution in [2.24, 2.45) is 5.92 Å². The maximum atomic E-state index is 12.9. The van der Waals surface area contributed by atoms with Crippen LogP contribution in [0.1, 0.15) is 13.3 Å². The third-order valence-electron chi connectivity index (χ3n) is 4.80. The molecule has 0 saturated carbocycles. The summed E-state index contributed by atoms with van der Waals surface area (Å²) in [6.07, 6.45) is 0.104. The third kappa shape index (κ3) is 3.75. The lowest BCUT2D eigenvalue weighted by molar-refractivity contribution is -0.123. The first-order valence-electron chi connectivity index (χ1n) is 9.39. The normalized spacial score (nSPS) is 16.4. The summed E-state index contributed by atoms with van der Waals surface area (Å²) in [5.74, 6) is -0.317. The maximum Gasteiger partial charge on any atom is 0.281 e. The van der Waals surface area contributed by atoms with Crippen molar-refractivity contribution in [2.75, 3.05) is 22.6 Å². The zero-order valence-electron chi connectivity index (χ0n) is 15.9. The molecule has 2 amide bonds. The Labute approximate surface area is 171 Å².